The molecular weight excluding hydrogens is 302 g/mol. The Bertz CT molecular complexity index is 565. The fraction of sp³-hybridized carbons (Fsp3) is 0.667. The number of aromatic nitrogens is 2. The highest BCUT2D eigenvalue weighted by atomic mass is 16.3. The Morgan fingerprint density at radius 1 is 1.12 bits per heavy atom. The first-order valence-corrected chi connectivity index (χ1v) is 8.88. The van der Waals surface area contributed by atoms with Crippen LogP contribution in [0, 0.1) is 18.3 Å². The van der Waals surface area contributed by atoms with Crippen LogP contribution >= 0.6 is 0 Å². The minimum absolute atomic E-state index is 0.258. The number of anilines is 2. The number of nitrogens with zero attached hydrogens (tertiary/aromatic N) is 5. The van der Waals surface area contributed by atoms with E-state index in [4.69, 9.17) is 6.42 Å². The first kappa shape index (κ1) is 17.0. The molecule has 6 nitrogen and oxygen atoms in total. The highest BCUT2D eigenvalue weighted by Crippen LogP contribution is 2.24. The number of piperidine rings is 1. The molecule has 24 heavy (non-hydrogen) atoms. The van der Waals surface area contributed by atoms with E-state index >= 15 is 0 Å². The molecule has 1 aromatic heterocycles. The molecule has 0 aromatic carbocycles. The van der Waals surface area contributed by atoms with Gasteiger partial charge in [0.1, 0.15) is 18.0 Å². The average Bonchev–Trinajstić information content (AvgIpc) is 2.67. The zero-order valence-corrected chi connectivity index (χ0v) is 14.3. The summed E-state index contributed by atoms with van der Waals surface area (Å²) in [7, 11) is 0. The van der Waals surface area contributed by atoms with Gasteiger partial charge in [0.25, 0.3) is 0 Å². The Morgan fingerprint density at radius 3 is 2.58 bits per heavy atom. The predicted octanol–water partition coefficient (Wildman–Crippen LogP) is 0.831. The van der Waals surface area contributed by atoms with Crippen molar-refractivity contribution in [3.63, 3.8) is 0 Å². The number of aliphatic hydroxyl groups excluding tert-OH is 1. The summed E-state index contributed by atoms with van der Waals surface area (Å²) in [5.74, 6) is 5.05. The summed E-state index contributed by atoms with van der Waals surface area (Å²) in [6.45, 7) is 7.12. The first-order valence-electron chi connectivity index (χ1n) is 8.88. The molecule has 0 bridgehead atoms. The van der Waals surface area contributed by atoms with E-state index in [-0.39, 0.29) is 6.61 Å². The van der Waals surface area contributed by atoms with E-state index in [0.29, 0.717) is 5.92 Å². The lowest BCUT2D eigenvalue weighted by molar-refractivity contribution is 0.208. The molecule has 1 aromatic rings. The molecule has 0 radical (unpaired) electrons. The van der Waals surface area contributed by atoms with Crippen LogP contribution in [0.25, 0.3) is 0 Å². The van der Waals surface area contributed by atoms with Crippen molar-refractivity contribution in [2.24, 2.45) is 5.92 Å². The summed E-state index contributed by atoms with van der Waals surface area (Å²) in [4.78, 5) is 15.9. The monoisotopic (exact) mass is 329 g/mol. The van der Waals surface area contributed by atoms with Crippen LogP contribution in [0.2, 0.25) is 0 Å². The Morgan fingerprint density at radius 2 is 1.88 bits per heavy atom. The Balaban J connectivity index is 1.61. The molecule has 0 aliphatic carbocycles. The summed E-state index contributed by atoms with van der Waals surface area (Å²) in [6, 6.07) is 2.09. The summed E-state index contributed by atoms with van der Waals surface area (Å²) < 4.78 is 0. The van der Waals surface area contributed by atoms with Gasteiger partial charge in [-0.15, -0.1) is 12.3 Å². The first-order chi connectivity index (χ1) is 11.8. The van der Waals surface area contributed by atoms with Gasteiger partial charge >= 0.3 is 0 Å². The molecule has 2 fully saturated rings. The van der Waals surface area contributed by atoms with Gasteiger partial charge in [0.15, 0.2) is 0 Å². The summed E-state index contributed by atoms with van der Waals surface area (Å²) in [6.07, 6.45) is 10.0. The SMILES string of the molecule is C#CCCN1CCN(c2cc(N3CCCC(CO)C3)ncn2)CC1. The van der Waals surface area contributed by atoms with Gasteiger partial charge in [0.2, 0.25) is 0 Å². The zero-order chi connectivity index (χ0) is 16.8. The molecule has 2 saturated heterocycles. The molecule has 2 aliphatic heterocycles. The second-order valence-electron chi connectivity index (χ2n) is 6.65. The van der Waals surface area contributed by atoms with E-state index in [1.165, 1.54) is 0 Å². The Hall–Kier alpha value is -1.84. The van der Waals surface area contributed by atoms with Crippen molar-refractivity contribution < 1.29 is 5.11 Å². The molecule has 0 spiro atoms. The fourth-order valence-electron chi connectivity index (χ4n) is 3.53. The lowest BCUT2D eigenvalue weighted by Crippen LogP contribution is -2.47. The number of hydrogen-bond acceptors (Lipinski definition) is 6. The molecule has 130 valence electrons. The van der Waals surface area contributed by atoms with Gasteiger partial charge in [0.05, 0.1) is 0 Å². The van der Waals surface area contributed by atoms with Crippen LogP contribution in [-0.4, -0.2) is 72.4 Å². The van der Waals surface area contributed by atoms with E-state index in [0.717, 1.165) is 76.7 Å². The van der Waals surface area contributed by atoms with Gasteiger partial charge in [-0.2, -0.15) is 0 Å². The summed E-state index contributed by atoms with van der Waals surface area (Å²) in [5.41, 5.74) is 0. The largest absolute Gasteiger partial charge is 0.396 e. The van der Waals surface area contributed by atoms with Gasteiger partial charge < -0.3 is 14.9 Å². The maximum absolute atomic E-state index is 9.42. The van der Waals surface area contributed by atoms with Crippen molar-refractivity contribution in [1.82, 2.24) is 14.9 Å². The second kappa shape index (κ2) is 8.32. The van der Waals surface area contributed by atoms with Crippen LogP contribution in [0.15, 0.2) is 12.4 Å². The van der Waals surface area contributed by atoms with Gasteiger partial charge in [-0.3, -0.25) is 4.90 Å². The molecule has 2 aliphatic rings. The fourth-order valence-corrected chi connectivity index (χ4v) is 3.53. The van der Waals surface area contributed by atoms with Crippen LogP contribution in [-0.2, 0) is 0 Å². The van der Waals surface area contributed by atoms with E-state index in [1.54, 1.807) is 6.33 Å². The third-order valence-corrected chi connectivity index (χ3v) is 5.01. The molecular formula is C18H27N5O. The van der Waals surface area contributed by atoms with Gasteiger partial charge in [0, 0.05) is 64.9 Å². The predicted molar refractivity (Wildman–Crippen MR) is 96.2 cm³/mol. The molecule has 6 heteroatoms. The Kier molecular flexibility index (Phi) is 5.89. The van der Waals surface area contributed by atoms with Crippen LogP contribution in [0.5, 0.6) is 0 Å². The quantitative estimate of drug-likeness (QED) is 0.808. The lowest BCUT2D eigenvalue weighted by atomic mass is 9.99. The topological polar surface area (TPSA) is 55.7 Å². The Labute approximate surface area is 144 Å². The number of aliphatic hydroxyl groups is 1. The second-order valence-corrected chi connectivity index (χ2v) is 6.65. The number of hydrogen-bond donors (Lipinski definition) is 1. The van der Waals surface area contributed by atoms with E-state index in [1.807, 2.05) is 0 Å². The average molecular weight is 329 g/mol. The van der Waals surface area contributed by atoms with Crippen molar-refractivity contribution in [3.8, 4) is 12.3 Å². The van der Waals surface area contributed by atoms with Crippen molar-refractivity contribution >= 4 is 11.6 Å². The highest BCUT2D eigenvalue weighted by Gasteiger charge is 2.22. The maximum Gasteiger partial charge on any atom is 0.134 e. The van der Waals surface area contributed by atoms with Crippen molar-refractivity contribution in [2.45, 2.75) is 19.3 Å². The van der Waals surface area contributed by atoms with Crippen LogP contribution in [0.3, 0.4) is 0 Å². The van der Waals surface area contributed by atoms with Crippen molar-refractivity contribution in [3.05, 3.63) is 12.4 Å². The minimum atomic E-state index is 0.258. The smallest absolute Gasteiger partial charge is 0.134 e. The zero-order valence-electron chi connectivity index (χ0n) is 14.3. The molecule has 0 amide bonds. The van der Waals surface area contributed by atoms with Crippen LogP contribution in [0.1, 0.15) is 19.3 Å². The van der Waals surface area contributed by atoms with Gasteiger partial charge in [-0.1, -0.05) is 0 Å². The molecule has 1 N–H and O–H groups in total. The van der Waals surface area contributed by atoms with Crippen molar-refractivity contribution in [2.75, 3.05) is 62.2 Å². The summed E-state index contributed by atoms with van der Waals surface area (Å²) in [5, 5.41) is 9.42. The van der Waals surface area contributed by atoms with E-state index < -0.39 is 0 Å². The molecule has 1 atom stereocenters. The molecule has 3 rings (SSSR count). The van der Waals surface area contributed by atoms with Gasteiger partial charge in [-0.25, -0.2) is 9.97 Å². The standard InChI is InChI=1S/C18H27N5O/c1-2-3-6-21-8-10-22(11-9-21)17-12-18(20-15-19-17)23-7-4-5-16(13-23)14-24/h1,12,15-16,24H,3-11,13-14H2. The number of piperazine rings is 1. The molecule has 3 heterocycles. The van der Waals surface area contributed by atoms with Crippen LogP contribution in [0.4, 0.5) is 11.6 Å². The number of rotatable bonds is 5. The third kappa shape index (κ3) is 4.16. The van der Waals surface area contributed by atoms with Gasteiger partial charge in [-0.05, 0) is 18.8 Å². The van der Waals surface area contributed by atoms with Crippen molar-refractivity contribution in [1.29, 1.82) is 0 Å². The summed E-state index contributed by atoms with van der Waals surface area (Å²) >= 11 is 0. The normalized spacial score (nSPS) is 22.4. The lowest BCUT2D eigenvalue weighted by Gasteiger charge is -2.36. The minimum Gasteiger partial charge on any atom is -0.396 e. The molecule has 1 unspecified atom stereocenters. The highest BCUT2D eigenvalue weighted by molar-refractivity contribution is 5.50. The number of terminal acetylenes is 1. The maximum atomic E-state index is 9.42. The molecule has 0 saturated carbocycles. The van der Waals surface area contributed by atoms with E-state index in [2.05, 4.69) is 36.7 Å². The third-order valence-electron chi connectivity index (χ3n) is 5.01. The van der Waals surface area contributed by atoms with E-state index in [9.17, 15) is 5.11 Å². The van der Waals surface area contributed by atoms with Crippen LogP contribution < -0.4 is 9.80 Å².